The van der Waals surface area contributed by atoms with Gasteiger partial charge in [0.2, 0.25) is 10.0 Å². The number of rotatable bonds is 5. The van der Waals surface area contributed by atoms with E-state index in [1.54, 1.807) is 19.1 Å². The van der Waals surface area contributed by atoms with Gasteiger partial charge in [-0.3, -0.25) is 0 Å². The first-order valence-electron chi connectivity index (χ1n) is 10.5. The lowest BCUT2D eigenvalue weighted by Crippen LogP contribution is -2.36. The van der Waals surface area contributed by atoms with Crippen molar-refractivity contribution < 1.29 is 17.9 Å². The minimum Gasteiger partial charge on any atom is -0.457 e. The Labute approximate surface area is 180 Å². The molecule has 0 bridgehead atoms. The summed E-state index contributed by atoms with van der Waals surface area (Å²) < 4.78 is 33.1. The Kier molecular flexibility index (Phi) is 6.68. The van der Waals surface area contributed by atoms with Crippen molar-refractivity contribution in [1.29, 1.82) is 0 Å². The lowest BCUT2D eigenvalue weighted by Gasteiger charge is -2.26. The number of carbonyl (C=O) groups excluding carboxylic acids is 1. The lowest BCUT2D eigenvalue weighted by atomic mass is 9.87. The number of ether oxygens (including phenoxy) is 1. The third-order valence-corrected chi connectivity index (χ3v) is 7.59. The molecule has 162 valence electrons. The summed E-state index contributed by atoms with van der Waals surface area (Å²) in [6.07, 6.45) is 2.79. The van der Waals surface area contributed by atoms with Crippen LogP contribution in [0.2, 0.25) is 0 Å². The number of benzene rings is 2. The molecule has 0 unspecified atom stereocenters. The molecule has 0 N–H and O–H groups in total. The van der Waals surface area contributed by atoms with Gasteiger partial charge in [-0.25, -0.2) is 13.2 Å². The zero-order valence-corrected chi connectivity index (χ0v) is 19.1. The molecule has 0 radical (unpaired) electrons. The molecule has 2 aromatic carbocycles. The fourth-order valence-corrected chi connectivity index (χ4v) is 5.35. The second-order valence-electron chi connectivity index (χ2n) is 8.97. The second-order valence-corrected chi connectivity index (χ2v) is 10.9. The molecule has 1 aliphatic rings. The van der Waals surface area contributed by atoms with Gasteiger partial charge < -0.3 is 4.74 Å². The van der Waals surface area contributed by atoms with Gasteiger partial charge in [-0.15, -0.1) is 0 Å². The number of hydrogen-bond donors (Lipinski definition) is 0. The molecular weight excluding hydrogens is 398 g/mol. The Bertz CT molecular complexity index is 998. The van der Waals surface area contributed by atoms with E-state index in [4.69, 9.17) is 4.74 Å². The average Bonchev–Trinajstić information content (AvgIpc) is 2.72. The van der Waals surface area contributed by atoms with Gasteiger partial charge in [0.1, 0.15) is 6.61 Å². The maximum Gasteiger partial charge on any atom is 0.338 e. The van der Waals surface area contributed by atoms with Crippen molar-refractivity contribution in [3.63, 3.8) is 0 Å². The Hall–Kier alpha value is -2.18. The summed E-state index contributed by atoms with van der Waals surface area (Å²) in [5, 5.41) is 0. The third kappa shape index (κ3) is 5.10. The largest absolute Gasteiger partial charge is 0.457 e. The van der Waals surface area contributed by atoms with Gasteiger partial charge in [-0.2, -0.15) is 4.31 Å². The molecule has 0 aromatic heterocycles. The van der Waals surface area contributed by atoms with E-state index >= 15 is 0 Å². The maximum atomic E-state index is 13.0. The smallest absolute Gasteiger partial charge is 0.338 e. The van der Waals surface area contributed by atoms with E-state index in [9.17, 15) is 13.2 Å². The maximum absolute atomic E-state index is 13.0. The van der Waals surface area contributed by atoms with Crippen LogP contribution in [0.4, 0.5) is 0 Å². The van der Waals surface area contributed by atoms with E-state index < -0.39 is 16.0 Å². The number of aryl methyl sites for hydroxylation is 1. The number of esters is 1. The third-order valence-electron chi connectivity index (χ3n) is 5.55. The van der Waals surface area contributed by atoms with Crippen LogP contribution in [0, 0.1) is 6.92 Å². The average molecular weight is 430 g/mol. The van der Waals surface area contributed by atoms with Crippen molar-refractivity contribution in [2.45, 2.75) is 63.9 Å². The van der Waals surface area contributed by atoms with Crippen LogP contribution in [-0.2, 0) is 26.8 Å². The quantitative estimate of drug-likeness (QED) is 0.639. The number of hydrogen-bond acceptors (Lipinski definition) is 4. The van der Waals surface area contributed by atoms with Gasteiger partial charge in [-0.1, -0.05) is 57.5 Å². The Morgan fingerprint density at radius 2 is 1.63 bits per heavy atom. The molecule has 0 spiro atoms. The molecule has 1 saturated heterocycles. The van der Waals surface area contributed by atoms with Gasteiger partial charge >= 0.3 is 5.97 Å². The first kappa shape index (κ1) is 22.5. The van der Waals surface area contributed by atoms with Crippen molar-refractivity contribution in [2.75, 3.05) is 13.1 Å². The topological polar surface area (TPSA) is 63.7 Å². The Morgan fingerprint density at radius 3 is 2.23 bits per heavy atom. The molecule has 6 heteroatoms. The molecule has 1 fully saturated rings. The van der Waals surface area contributed by atoms with Crippen LogP contribution in [0.15, 0.2) is 47.4 Å². The van der Waals surface area contributed by atoms with E-state index in [1.807, 2.05) is 24.3 Å². The highest BCUT2D eigenvalue weighted by molar-refractivity contribution is 7.89. The van der Waals surface area contributed by atoms with E-state index in [0.717, 1.165) is 24.8 Å². The number of nitrogens with zero attached hydrogens (tertiary/aromatic N) is 1. The normalized spacial score (nSPS) is 15.7. The first-order chi connectivity index (χ1) is 14.1. The van der Waals surface area contributed by atoms with Crippen LogP contribution in [-0.4, -0.2) is 31.8 Å². The van der Waals surface area contributed by atoms with Gasteiger partial charge in [0.05, 0.1) is 10.5 Å². The highest BCUT2D eigenvalue weighted by Crippen LogP contribution is 2.25. The monoisotopic (exact) mass is 429 g/mol. The first-order valence-corrected chi connectivity index (χ1v) is 11.9. The molecule has 5 nitrogen and oxygen atoms in total. The molecule has 0 saturated carbocycles. The number of carbonyl (C=O) groups is 1. The van der Waals surface area contributed by atoms with Crippen LogP contribution in [0.25, 0.3) is 0 Å². The van der Waals surface area contributed by atoms with Gasteiger partial charge in [0.15, 0.2) is 0 Å². The van der Waals surface area contributed by atoms with Crippen molar-refractivity contribution in [3.05, 3.63) is 64.7 Å². The SMILES string of the molecule is Cc1ccc(C(=O)OCc2ccc(C(C)(C)C)cc2)cc1S(=O)(=O)N1CCCCC1. The fraction of sp³-hybridized carbons (Fsp3) is 0.458. The summed E-state index contributed by atoms with van der Waals surface area (Å²) in [6.45, 7) is 9.40. The zero-order chi connectivity index (χ0) is 21.9. The van der Waals surface area contributed by atoms with Crippen molar-refractivity contribution in [2.24, 2.45) is 0 Å². The lowest BCUT2D eigenvalue weighted by molar-refractivity contribution is 0.0472. The van der Waals surface area contributed by atoms with Crippen molar-refractivity contribution >= 4 is 16.0 Å². The molecule has 0 aliphatic carbocycles. The van der Waals surface area contributed by atoms with Crippen LogP contribution in [0.5, 0.6) is 0 Å². The molecule has 0 atom stereocenters. The summed E-state index contributed by atoms with van der Waals surface area (Å²) in [4.78, 5) is 12.8. The van der Waals surface area contributed by atoms with Gasteiger partial charge in [-0.05, 0) is 54.0 Å². The van der Waals surface area contributed by atoms with Crippen LogP contribution in [0.1, 0.15) is 67.1 Å². The van der Waals surface area contributed by atoms with E-state index in [-0.39, 0.29) is 22.5 Å². The van der Waals surface area contributed by atoms with E-state index in [2.05, 4.69) is 20.8 Å². The predicted octanol–water partition coefficient (Wildman–Crippen LogP) is 4.82. The highest BCUT2D eigenvalue weighted by atomic mass is 32.2. The van der Waals surface area contributed by atoms with Crippen molar-refractivity contribution in [1.82, 2.24) is 4.31 Å². The Morgan fingerprint density at radius 1 is 1.00 bits per heavy atom. The molecule has 1 aliphatic heterocycles. The highest BCUT2D eigenvalue weighted by Gasteiger charge is 2.28. The molecule has 3 rings (SSSR count). The summed E-state index contributed by atoms with van der Waals surface area (Å²) in [5.74, 6) is -0.523. The molecule has 0 amide bonds. The number of piperidine rings is 1. The van der Waals surface area contributed by atoms with Crippen LogP contribution < -0.4 is 0 Å². The van der Waals surface area contributed by atoms with E-state index in [1.165, 1.54) is 15.9 Å². The second kappa shape index (κ2) is 8.90. The van der Waals surface area contributed by atoms with Gasteiger partial charge in [0.25, 0.3) is 0 Å². The van der Waals surface area contributed by atoms with Crippen LogP contribution in [0.3, 0.4) is 0 Å². The van der Waals surface area contributed by atoms with E-state index in [0.29, 0.717) is 18.7 Å². The molecule has 30 heavy (non-hydrogen) atoms. The van der Waals surface area contributed by atoms with Crippen molar-refractivity contribution in [3.8, 4) is 0 Å². The summed E-state index contributed by atoms with van der Waals surface area (Å²) in [6, 6.07) is 12.7. The summed E-state index contributed by atoms with van der Waals surface area (Å²) >= 11 is 0. The molecule has 2 aromatic rings. The standard InChI is InChI=1S/C24H31NO4S/c1-18-8-11-20(16-22(18)30(27,28)25-14-6-5-7-15-25)23(26)29-17-19-9-12-21(13-10-19)24(2,3)4/h8-13,16H,5-7,14-15,17H2,1-4H3. The van der Waals surface area contributed by atoms with Crippen LogP contribution >= 0.6 is 0 Å². The molecular formula is C24H31NO4S. The zero-order valence-electron chi connectivity index (χ0n) is 18.3. The number of sulfonamides is 1. The fourth-order valence-electron chi connectivity index (χ4n) is 3.58. The predicted molar refractivity (Wildman–Crippen MR) is 118 cm³/mol. The minimum atomic E-state index is -3.61. The Balaban J connectivity index is 1.73. The minimum absolute atomic E-state index is 0.0629. The molecule has 1 heterocycles. The summed E-state index contributed by atoms with van der Waals surface area (Å²) in [5.41, 5.74) is 3.05. The van der Waals surface area contributed by atoms with Gasteiger partial charge in [0, 0.05) is 13.1 Å². The summed E-state index contributed by atoms with van der Waals surface area (Å²) in [7, 11) is -3.61.